The van der Waals surface area contributed by atoms with Crippen LogP contribution in [0, 0.1) is 5.92 Å². The van der Waals surface area contributed by atoms with Crippen molar-refractivity contribution < 1.29 is 14.4 Å². The summed E-state index contributed by atoms with van der Waals surface area (Å²) in [5.41, 5.74) is 2.49. The van der Waals surface area contributed by atoms with Crippen molar-refractivity contribution in [3.63, 3.8) is 0 Å². The van der Waals surface area contributed by atoms with E-state index in [-0.39, 0.29) is 12.3 Å². The molecule has 5 heteroatoms. The Bertz CT molecular complexity index is 282. The van der Waals surface area contributed by atoms with Gasteiger partial charge in [-0.2, -0.15) is 0 Å². The normalized spacial score (nSPS) is 25.8. The first kappa shape index (κ1) is 13.4. The van der Waals surface area contributed by atoms with Gasteiger partial charge in [0.25, 0.3) is 0 Å². The maximum absolute atomic E-state index is 11.8. The molecule has 0 aromatic heterocycles. The summed E-state index contributed by atoms with van der Waals surface area (Å²) >= 11 is 0. The van der Waals surface area contributed by atoms with E-state index in [2.05, 4.69) is 12.1 Å². The van der Waals surface area contributed by atoms with Crippen molar-refractivity contribution in [1.29, 1.82) is 0 Å². The number of likely N-dealkylation sites (tertiary alicyclic amines) is 1. The highest BCUT2D eigenvalue weighted by Gasteiger charge is 2.22. The maximum Gasteiger partial charge on any atom is 0.341 e. The number of nitrogens with one attached hydrogen (secondary N) is 1. The minimum absolute atomic E-state index is 0.160. The highest BCUT2D eigenvalue weighted by molar-refractivity contribution is 5.73. The predicted octanol–water partition coefficient (Wildman–Crippen LogP) is 2.05. The van der Waals surface area contributed by atoms with Crippen molar-refractivity contribution in [1.82, 2.24) is 10.4 Å². The average Bonchev–Trinajstić information content (AvgIpc) is 2.46. The molecule has 2 saturated heterocycles. The highest BCUT2D eigenvalue weighted by atomic mass is 16.8. The maximum atomic E-state index is 11.8. The van der Waals surface area contributed by atoms with E-state index >= 15 is 0 Å². The summed E-state index contributed by atoms with van der Waals surface area (Å²) in [5.74, 6) is 0.539. The molecule has 0 aromatic carbocycles. The standard InChI is InChI=1S/C13H22N2O3/c1-2-11-6-8-15(9-7-11)13(16)14-18-12-5-3-4-10-17-12/h2,11-12H,1,3-10H2,(H,14,16). The van der Waals surface area contributed by atoms with E-state index < -0.39 is 0 Å². The SMILES string of the molecule is C=CC1CCN(C(=O)NOC2CCCCO2)CC1. The molecule has 1 atom stereocenters. The summed E-state index contributed by atoms with van der Waals surface area (Å²) in [6.07, 6.45) is 6.66. The van der Waals surface area contributed by atoms with Crippen LogP contribution in [0.4, 0.5) is 4.79 Å². The Morgan fingerprint density at radius 2 is 2.11 bits per heavy atom. The van der Waals surface area contributed by atoms with Crippen LogP contribution in [-0.4, -0.2) is 36.9 Å². The first-order chi connectivity index (χ1) is 8.79. The summed E-state index contributed by atoms with van der Waals surface area (Å²) in [5, 5.41) is 0. The number of hydroxylamine groups is 1. The van der Waals surface area contributed by atoms with Gasteiger partial charge in [-0.1, -0.05) is 6.08 Å². The summed E-state index contributed by atoms with van der Waals surface area (Å²) in [6, 6.07) is -0.160. The second-order valence-corrected chi connectivity index (χ2v) is 4.88. The Labute approximate surface area is 108 Å². The van der Waals surface area contributed by atoms with E-state index in [1.165, 1.54) is 0 Å². The van der Waals surface area contributed by atoms with E-state index in [4.69, 9.17) is 9.57 Å². The lowest BCUT2D eigenvalue weighted by Gasteiger charge is -2.31. The van der Waals surface area contributed by atoms with Crippen LogP contribution >= 0.6 is 0 Å². The fourth-order valence-electron chi connectivity index (χ4n) is 2.32. The summed E-state index contributed by atoms with van der Waals surface area (Å²) in [4.78, 5) is 18.9. The molecule has 0 aliphatic carbocycles. The van der Waals surface area contributed by atoms with Crippen molar-refractivity contribution in [3.05, 3.63) is 12.7 Å². The number of ether oxygens (including phenoxy) is 1. The molecule has 5 nitrogen and oxygen atoms in total. The van der Waals surface area contributed by atoms with Crippen LogP contribution < -0.4 is 5.48 Å². The van der Waals surface area contributed by atoms with Gasteiger partial charge in [-0.15, -0.1) is 6.58 Å². The number of amides is 2. The summed E-state index contributed by atoms with van der Waals surface area (Å²) in [7, 11) is 0. The molecule has 0 aromatic rings. The van der Waals surface area contributed by atoms with Crippen LogP contribution in [0.3, 0.4) is 0 Å². The van der Waals surface area contributed by atoms with Crippen LogP contribution in [0.5, 0.6) is 0 Å². The molecule has 102 valence electrons. The van der Waals surface area contributed by atoms with Gasteiger partial charge in [0.2, 0.25) is 0 Å². The molecule has 0 bridgehead atoms. The van der Waals surface area contributed by atoms with Crippen LogP contribution in [0.25, 0.3) is 0 Å². The van der Waals surface area contributed by atoms with Crippen molar-refractivity contribution in [2.24, 2.45) is 5.92 Å². The van der Waals surface area contributed by atoms with Gasteiger partial charge in [0.05, 0.1) is 0 Å². The van der Waals surface area contributed by atoms with Crippen molar-refractivity contribution >= 4 is 6.03 Å². The molecular weight excluding hydrogens is 232 g/mol. The number of urea groups is 1. The highest BCUT2D eigenvalue weighted by Crippen LogP contribution is 2.18. The van der Waals surface area contributed by atoms with E-state index in [1.807, 2.05) is 6.08 Å². The zero-order valence-electron chi connectivity index (χ0n) is 10.8. The number of carbonyl (C=O) groups excluding carboxylic acids is 1. The first-order valence-electron chi connectivity index (χ1n) is 6.74. The second kappa shape index (κ2) is 6.75. The minimum Gasteiger partial charge on any atom is -0.350 e. The molecule has 2 heterocycles. The fourth-order valence-corrected chi connectivity index (χ4v) is 2.32. The van der Waals surface area contributed by atoms with Gasteiger partial charge in [-0.3, -0.25) is 0 Å². The topological polar surface area (TPSA) is 50.8 Å². The van der Waals surface area contributed by atoms with Gasteiger partial charge < -0.3 is 9.64 Å². The van der Waals surface area contributed by atoms with Crippen LogP contribution in [0.15, 0.2) is 12.7 Å². The lowest BCUT2D eigenvalue weighted by atomic mass is 9.97. The number of nitrogens with zero attached hydrogens (tertiary/aromatic N) is 1. The summed E-state index contributed by atoms with van der Waals surface area (Å²) < 4.78 is 5.38. The molecule has 0 saturated carbocycles. The Morgan fingerprint density at radius 3 is 2.72 bits per heavy atom. The number of carbonyl (C=O) groups is 1. The van der Waals surface area contributed by atoms with Gasteiger partial charge in [0, 0.05) is 26.1 Å². The average molecular weight is 254 g/mol. The van der Waals surface area contributed by atoms with Gasteiger partial charge in [0.15, 0.2) is 6.29 Å². The smallest absolute Gasteiger partial charge is 0.341 e. The largest absolute Gasteiger partial charge is 0.350 e. The first-order valence-corrected chi connectivity index (χ1v) is 6.74. The number of piperidine rings is 1. The molecule has 2 aliphatic rings. The van der Waals surface area contributed by atoms with E-state index in [1.54, 1.807) is 4.90 Å². The Morgan fingerprint density at radius 1 is 1.33 bits per heavy atom. The van der Waals surface area contributed by atoms with E-state index in [9.17, 15) is 4.79 Å². The van der Waals surface area contributed by atoms with Gasteiger partial charge in [-0.25, -0.2) is 15.1 Å². The van der Waals surface area contributed by atoms with Crippen LogP contribution in [0.2, 0.25) is 0 Å². The third-order valence-electron chi connectivity index (χ3n) is 3.58. The minimum atomic E-state index is -0.284. The Kier molecular flexibility index (Phi) is 5.01. The number of rotatable bonds is 3. The second-order valence-electron chi connectivity index (χ2n) is 4.88. The van der Waals surface area contributed by atoms with Crippen molar-refractivity contribution in [3.8, 4) is 0 Å². The zero-order chi connectivity index (χ0) is 12.8. The third-order valence-corrected chi connectivity index (χ3v) is 3.58. The molecular formula is C13H22N2O3. The van der Waals surface area contributed by atoms with Crippen molar-refractivity contribution in [2.75, 3.05) is 19.7 Å². The molecule has 1 unspecified atom stereocenters. The molecule has 2 rings (SSSR count). The summed E-state index contributed by atoms with van der Waals surface area (Å²) in [6.45, 7) is 6.03. The molecule has 18 heavy (non-hydrogen) atoms. The molecule has 2 aliphatic heterocycles. The quantitative estimate of drug-likeness (QED) is 0.619. The predicted molar refractivity (Wildman–Crippen MR) is 67.7 cm³/mol. The third kappa shape index (κ3) is 3.71. The zero-order valence-corrected chi connectivity index (χ0v) is 10.8. The molecule has 0 radical (unpaired) electrons. The van der Waals surface area contributed by atoms with Crippen molar-refractivity contribution in [2.45, 2.75) is 38.4 Å². The van der Waals surface area contributed by atoms with E-state index in [0.29, 0.717) is 12.5 Å². The molecule has 0 spiro atoms. The lowest BCUT2D eigenvalue weighted by molar-refractivity contribution is -0.187. The van der Waals surface area contributed by atoms with Gasteiger partial charge in [0.1, 0.15) is 0 Å². The Hall–Kier alpha value is -1.07. The molecule has 2 amide bonds. The fraction of sp³-hybridized carbons (Fsp3) is 0.769. The van der Waals surface area contributed by atoms with Crippen LogP contribution in [0.1, 0.15) is 32.1 Å². The van der Waals surface area contributed by atoms with Gasteiger partial charge >= 0.3 is 6.03 Å². The van der Waals surface area contributed by atoms with E-state index in [0.717, 1.165) is 45.2 Å². The Balaban J connectivity index is 1.66. The lowest BCUT2D eigenvalue weighted by Crippen LogP contribution is -2.45. The number of hydrogen-bond donors (Lipinski definition) is 1. The number of hydrogen-bond acceptors (Lipinski definition) is 3. The van der Waals surface area contributed by atoms with Crippen LogP contribution in [-0.2, 0) is 9.57 Å². The number of allylic oxidation sites excluding steroid dienone is 1. The van der Waals surface area contributed by atoms with Gasteiger partial charge in [-0.05, 0) is 31.6 Å². The monoisotopic (exact) mass is 254 g/mol. The molecule has 2 fully saturated rings. The molecule has 1 N–H and O–H groups in total.